The van der Waals surface area contributed by atoms with Crippen molar-refractivity contribution in [3.8, 4) is 5.75 Å². The Bertz CT molecular complexity index is 467. The van der Waals surface area contributed by atoms with Crippen LogP contribution in [0.5, 0.6) is 5.75 Å². The van der Waals surface area contributed by atoms with Gasteiger partial charge in [-0.25, -0.2) is 4.79 Å². The second kappa shape index (κ2) is 4.25. The van der Waals surface area contributed by atoms with Gasteiger partial charge in [0.1, 0.15) is 12.4 Å². The molecular formula is C11H9BrO4. The highest BCUT2D eigenvalue weighted by Crippen LogP contribution is 2.30. The van der Waals surface area contributed by atoms with Gasteiger partial charge >= 0.3 is 11.9 Å². The van der Waals surface area contributed by atoms with E-state index >= 15 is 0 Å². The van der Waals surface area contributed by atoms with Crippen molar-refractivity contribution in [3.63, 3.8) is 0 Å². The van der Waals surface area contributed by atoms with E-state index in [9.17, 15) is 9.59 Å². The van der Waals surface area contributed by atoms with Gasteiger partial charge in [-0.1, -0.05) is 15.9 Å². The predicted molar refractivity (Wildman–Crippen MR) is 59.5 cm³/mol. The van der Waals surface area contributed by atoms with E-state index < -0.39 is 5.97 Å². The first-order chi connectivity index (χ1) is 7.61. The SMILES string of the molecule is CC(=O)Oc1cc2c(cc1CBr)COC2=O. The van der Waals surface area contributed by atoms with Crippen molar-refractivity contribution >= 4 is 27.9 Å². The largest absolute Gasteiger partial charge is 0.457 e. The summed E-state index contributed by atoms with van der Waals surface area (Å²) in [6.07, 6.45) is 0. The summed E-state index contributed by atoms with van der Waals surface area (Å²) in [6.45, 7) is 1.61. The van der Waals surface area contributed by atoms with E-state index in [-0.39, 0.29) is 12.6 Å². The highest BCUT2D eigenvalue weighted by Gasteiger charge is 2.23. The Morgan fingerprint density at radius 3 is 2.94 bits per heavy atom. The van der Waals surface area contributed by atoms with Crippen molar-refractivity contribution in [2.45, 2.75) is 18.9 Å². The maximum Gasteiger partial charge on any atom is 0.339 e. The summed E-state index contributed by atoms with van der Waals surface area (Å²) in [5.41, 5.74) is 2.13. The number of hydrogen-bond acceptors (Lipinski definition) is 4. The Kier molecular flexibility index (Phi) is 2.96. The van der Waals surface area contributed by atoms with Gasteiger partial charge in [0, 0.05) is 23.4 Å². The molecule has 1 aliphatic rings. The maximum absolute atomic E-state index is 11.3. The number of fused-ring (bicyclic) bond motifs is 1. The van der Waals surface area contributed by atoms with Gasteiger partial charge in [-0.15, -0.1) is 0 Å². The van der Waals surface area contributed by atoms with Crippen LogP contribution in [0.15, 0.2) is 12.1 Å². The number of ether oxygens (including phenoxy) is 2. The zero-order valence-electron chi connectivity index (χ0n) is 8.58. The number of esters is 2. The highest BCUT2D eigenvalue weighted by molar-refractivity contribution is 9.08. The zero-order chi connectivity index (χ0) is 11.7. The van der Waals surface area contributed by atoms with Crippen molar-refractivity contribution < 1.29 is 19.1 Å². The molecule has 1 heterocycles. The van der Waals surface area contributed by atoms with Crippen LogP contribution in [0, 0.1) is 0 Å². The average molecular weight is 285 g/mol. The second-order valence-electron chi connectivity index (χ2n) is 3.42. The minimum Gasteiger partial charge on any atom is -0.457 e. The van der Waals surface area contributed by atoms with Crippen LogP contribution in [0.2, 0.25) is 0 Å². The van der Waals surface area contributed by atoms with Crippen LogP contribution in [0.1, 0.15) is 28.4 Å². The molecule has 0 saturated carbocycles. The lowest BCUT2D eigenvalue weighted by molar-refractivity contribution is -0.131. The molecule has 1 aliphatic heterocycles. The average Bonchev–Trinajstić information content (AvgIpc) is 2.58. The van der Waals surface area contributed by atoms with Gasteiger partial charge < -0.3 is 9.47 Å². The van der Waals surface area contributed by atoms with Crippen molar-refractivity contribution in [2.75, 3.05) is 0 Å². The monoisotopic (exact) mass is 284 g/mol. The molecule has 0 spiro atoms. The molecule has 4 nitrogen and oxygen atoms in total. The fraction of sp³-hybridized carbons (Fsp3) is 0.273. The molecule has 0 amide bonds. The molecule has 0 unspecified atom stereocenters. The van der Waals surface area contributed by atoms with Crippen LogP contribution in [-0.2, 0) is 21.5 Å². The molecule has 1 aromatic carbocycles. The first-order valence-electron chi connectivity index (χ1n) is 4.69. The van der Waals surface area contributed by atoms with Crippen molar-refractivity contribution in [3.05, 3.63) is 28.8 Å². The second-order valence-corrected chi connectivity index (χ2v) is 3.98. The number of hydrogen-bond donors (Lipinski definition) is 0. The Labute approximate surface area is 101 Å². The molecule has 16 heavy (non-hydrogen) atoms. The van der Waals surface area contributed by atoms with Crippen molar-refractivity contribution in [2.24, 2.45) is 0 Å². The lowest BCUT2D eigenvalue weighted by Crippen LogP contribution is -2.05. The minimum absolute atomic E-state index is 0.286. The third-order valence-electron chi connectivity index (χ3n) is 2.26. The van der Waals surface area contributed by atoms with E-state index in [1.165, 1.54) is 6.92 Å². The number of halogens is 1. The molecule has 1 aromatic rings. The summed E-state index contributed by atoms with van der Waals surface area (Å²) in [4.78, 5) is 22.2. The smallest absolute Gasteiger partial charge is 0.339 e. The van der Waals surface area contributed by atoms with Crippen LogP contribution < -0.4 is 4.74 Å². The maximum atomic E-state index is 11.3. The first kappa shape index (κ1) is 11.1. The molecule has 0 N–H and O–H groups in total. The molecule has 0 fully saturated rings. The summed E-state index contributed by atoms with van der Waals surface area (Å²) in [6, 6.07) is 3.37. The molecule has 0 aliphatic carbocycles. The summed E-state index contributed by atoms with van der Waals surface area (Å²) >= 11 is 3.30. The van der Waals surface area contributed by atoms with E-state index in [1.54, 1.807) is 6.07 Å². The lowest BCUT2D eigenvalue weighted by atomic mass is 10.1. The van der Waals surface area contributed by atoms with Crippen LogP contribution in [-0.4, -0.2) is 11.9 Å². The molecule has 0 atom stereocenters. The van der Waals surface area contributed by atoms with E-state index in [0.717, 1.165) is 11.1 Å². The van der Waals surface area contributed by atoms with Gasteiger partial charge in [0.15, 0.2) is 0 Å². The topological polar surface area (TPSA) is 52.6 Å². The summed E-state index contributed by atoms with van der Waals surface area (Å²) < 4.78 is 9.92. The van der Waals surface area contributed by atoms with Gasteiger partial charge in [0.05, 0.1) is 5.56 Å². The molecule has 84 valence electrons. The van der Waals surface area contributed by atoms with E-state index in [4.69, 9.17) is 9.47 Å². The van der Waals surface area contributed by atoms with Gasteiger partial charge in [0.25, 0.3) is 0 Å². The fourth-order valence-corrected chi connectivity index (χ4v) is 2.00. The number of rotatable bonds is 2. The normalized spacial score (nSPS) is 13.2. The number of benzene rings is 1. The third-order valence-corrected chi connectivity index (χ3v) is 2.87. The molecule has 0 bridgehead atoms. The zero-order valence-corrected chi connectivity index (χ0v) is 10.2. The highest BCUT2D eigenvalue weighted by atomic mass is 79.9. The molecule has 2 rings (SSSR count). The van der Waals surface area contributed by atoms with Crippen LogP contribution in [0.3, 0.4) is 0 Å². The quantitative estimate of drug-likeness (QED) is 0.475. The molecule has 5 heteroatoms. The molecular weight excluding hydrogens is 276 g/mol. The van der Waals surface area contributed by atoms with E-state index in [2.05, 4.69) is 15.9 Å². The van der Waals surface area contributed by atoms with Gasteiger partial charge in [-0.05, 0) is 12.1 Å². The molecule has 0 radical (unpaired) electrons. The van der Waals surface area contributed by atoms with E-state index in [0.29, 0.717) is 16.6 Å². The first-order valence-corrected chi connectivity index (χ1v) is 5.81. The standard InChI is InChI=1S/C11H9BrO4/c1-6(13)16-10-3-9-8(2-7(10)4-12)5-15-11(9)14/h2-3H,4-5H2,1H3. The third kappa shape index (κ3) is 1.95. The number of carbonyl (C=O) groups is 2. The molecule has 0 aromatic heterocycles. The Balaban J connectivity index is 2.47. The number of alkyl halides is 1. The minimum atomic E-state index is -0.409. The number of cyclic esters (lactones) is 1. The predicted octanol–water partition coefficient (Wildman–Crippen LogP) is 2.18. The van der Waals surface area contributed by atoms with Crippen LogP contribution >= 0.6 is 15.9 Å². The summed E-state index contributed by atoms with van der Waals surface area (Å²) in [5.74, 6) is -0.375. The summed E-state index contributed by atoms with van der Waals surface area (Å²) in [7, 11) is 0. The number of carbonyl (C=O) groups excluding carboxylic acids is 2. The van der Waals surface area contributed by atoms with Gasteiger partial charge in [0.2, 0.25) is 0 Å². The molecule has 0 saturated heterocycles. The van der Waals surface area contributed by atoms with Crippen LogP contribution in [0.4, 0.5) is 0 Å². The van der Waals surface area contributed by atoms with Crippen LogP contribution in [0.25, 0.3) is 0 Å². The van der Waals surface area contributed by atoms with Crippen molar-refractivity contribution in [1.82, 2.24) is 0 Å². The summed E-state index contributed by atoms with van der Waals surface area (Å²) in [5, 5.41) is 0.553. The van der Waals surface area contributed by atoms with Crippen molar-refractivity contribution in [1.29, 1.82) is 0 Å². The lowest BCUT2D eigenvalue weighted by Gasteiger charge is -2.07. The van der Waals surface area contributed by atoms with Gasteiger partial charge in [-0.2, -0.15) is 0 Å². The fourth-order valence-electron chi connectivity index (χ4n) is 1.56. The Morgan fingerprint density at radius 1 is 1.56 bits per heavy atom. The Hall–Kier alpha value is -1.36. The van der Waals surface area contributed by atoms with E-state index in [1.807, 2.05) is 6.07 Å². The van der Waals surface area contributed by atoms with Gasteiger partial charge in [-0.3, -0.25) is 4.79 Å². The Morgan fingerprint density at radius 2 is 2.31 bits per heavy atom.